The molecule has 1 saturated heterocycles. The molecule has 1 fully saturated rings. The van der Waals surface area contributed by atoms with Crippen LogP contribution in [-0.4, -0.2) is 29.2 Å². The van der Waals surface area contributed by atoms with Crippen molar-refractivity contribution in [1.82, 2.24) is 9.97 Å². The summed E-state index contributed by atoms with van der Waals surface area (Å²) in [7, 11) is 0. The van der Waals surface area contributed by atoms with Gasteiger partial charge in [0.2, 0.25) is 0 Å². The zero-order valence-corrected chi connectivity index (χ0v) is 12.7. The van der Waals surface area contributed by atoms with Crippen molar-refractivity contribution >= 4 is 21.6 Å². The van der Waals surface area contributed by atoms with E-state index in [1.165, 1.54) is 5.56 Å². The van der Waals surface area contributed by atoms with Crippen LogP contribution >= 0.6 is 15.9 Å². The fraction of sp³-hybridized carbons (Fsp3) is 0.333. The van der Waals surface area contributed by atoms with Crippen molar-refractivity contribution < 1.29 is 4.74 Å². The number of hydrogen-bond acceptors (Lipinski definition) is 4. The molecule has 4 nitrogen and oxygen atoms in total. The molecule has 0 radical (unpaired) electrons. The molecule has 0 N–H and O–H groups in total. The maximum atomic E-state index is 5.97. The Bertz CT molecular complexity index is 564. The molecule has 1 aliphatic heterocycles. The van der Waals surface area contributed by atoms with Gasteiger partial charge in [0.05, 0.1) is 24.6 Å². The third kappa shape index (κ3) is 3.35. The van der Waals surface area contributed by atoms with Crippen LogP contribution in [0, 0.1) is 0 Å². The second kappa shape index (κ2) is 6.33. The van der Waals surface area contributed by atoms with Crippen LogP contribution in [0.15, 0.2) is 47.5 Å². The van der Waals surface area contributed by atoms with Crippen molar-refractivity contribution in [2.45, 2.75) is 19.1 Å². The van der Waals surface area contributed by atoms with Gasteiger partial charge in [-0.2, -0.15) is 0 Å². The van der Waals surface area contributed by atoms with Crippen molar-refractivity contribution in [2.24, 2.45) is 0 Å². The highest BCUT2D eigenvalue weighted by Crippen LogP contribution is 2.24. The molecular formula is C15H16BrN3O. The molecule has 0 aliphatic carbocycles. The lowest BCUT2D eigenvalue weighted by Crippen LogP contribution is -2.22. The average molecular weight is 334 g/mol. The van der Waals surface area contributed by atoms with Gasteiger partial charge in [0, 0.05) is 36.2 Å². The number of rotatable bonds is 4. The van der Waals surface area contributed by atoms with Gasteiger partial charge in [0.1, 0.15) is 0 Å². The highest BCUT2D eigenvalue weighted by atomic mass is 79.9. The summed E-state index contributed by atoms with van der Waals surface area (Å²) in [5.41, 5.74) is 2.32. The van der Waals surface area contributed by atoms with Crippen LogP contribution in [0.5, 0.6) is 0 Å². The highest BCUT2D eigenvalue weighted by Gasteiger charge is 2.23. The second-order valence-corrected chi connectivity index (χ2v) is 5.80. The predicted octanol–water partition coefficient (Wildman–Crippen LogP) is 3.03. The summed E-state index contributed by atoms with van der Waals surface area (Å²) in [5.74, 6) is 0. The molecule has 2 aromatic rings. The molecule has 0 aromatic carbocycles. The van der Waals surface area contributed by atoms with E-state index in [1.807, 2.05) is 18.3 Å². The Morgan fingerprint density at radius 3 is 2.90 bits per heavy atom. The fourth-order valence-corrected chi connectivity index (χ4v) is 2.72. The fourth-order valence-electron chi connectivity index (χ4n) is 2.37. The summed E-state index contributed by atoms with van der Waals surface area (Å²) in [6.07, 6.45) is 8.63. The van der Waals surface area contributed by atoms with E-state index < -0.39 is 0 Å². The minimum absolute atomic E-state index is 0.280. The molecule has 0 unspecified atom stereocenters. The molecule has 104 valence electrons. The van der Waals surface area contributed by atoms with Crippen molar-refractivity contribution in [2.75, 3.05) is 18.0 Å². The standard InChI is InChI=1S/C15H16BrN3O/c16-13-7-14(9-18-8-13)19-6-3-15(10-19)20-11-12-1-4-17-5-2-12/h1-2,4-5,7-9,15H,3,6,10-11H2/t15-/m1/s1. The molecule has 0 bridgehead atoms. The first kappa shape index (κ1) is 13.5. The van der Waals surface area contributed by atoms with E-state index in [1.54, 1.807) is 18.6 Å². The Hall–Kier alpha value is -1.46. The molecule has 0 amide bonds. The molecular weight excluding hydrogens is 318 g/mol. The molecule has 1 atom stereocenters. The first-order chi connectivity index (χ1) is 9.81. The van der Waals surface area contributed by atoms with E-state index in [4.69, 9.17) is 4.74 Å². The van der Waals surface area contributed by atoms with E-state index in [2.05, 4.69) is 36.9 Å². The molecule has 5 heteroatoms. The normalized spacial score (nSPS) is 18.4. The van der Waals surface area contributed by atoms with Crippen molar-refractivity contribution in [3.05, 3.63) is 53.0 Å². The summed E-state index contributed by atoms with van der Waals surface area (Å²) in [5, 5.41) is 0. The van der Waals surface area contributed by atoms with Crippen LogP contribution in [0.25, 0.3) is 0 Å². The quantitative estimate of drug-likeness (QED) is 0.861. The van der Waals surface area contributed by atoms with Crippen LogP contribution in [0.2, 0.25) is 0 Å². The Labute approximate surface area is 126 Å². The molecule has 2 aromatic heterocycles. The van der Waals surface area contributed by atoms with Crippen molar-refractivity contribution in [3.8, 4) is 0 Å². The van der Waals surface area contributed by atoms with Gasteiger partial charge in [-0.15, -0.1) is 0 Å². The maximum Gasteiger partial charge on any atom is 0.0771 e. The number of pyridine rings is 2. The summed E-state index contributed by atoms with van der Waals surface area (Å²) in [6.45, 7) is 2.58. The minimum Gasteiger partial charge on any atom is -0.372 e. The van der Waals surface area contributed by atoms with Gasteiger partial charge in [-0.3, -0.25) is 9.97 Å². The third-order valence-corrected chi connectivity index (χ3v) is 3.87. The first-order valence-electron chi connectivity index (χ1n) is 6.67. The number of aromatic nitrogens is 2. The van der Waals surface area contributed by atoms with Crippen molar-refractivity contribution in [1.29, 1.82) is 0 Å². The number of anilines is 1. The van der Waals surface area contributed by atoms with Gasteiger partial charge in [-0.05, 0) is 46.1 Å². The Morgan fingerprint density at radius 1 is 1.25 bits per heavy atom. The second-order valence-electron chi connectivity index (χ2n) is 4.88. The molecule has 0 saturated carbocycles. The topological polar surface area (TPSA) is 38.2 Å². The van der Waals surface area contributed by atoms with Crippen LogP contribution in [-0.2, 0) is 11.3 Å². The summed E-state index contributed by atoms with van der Waals surface area (Å²) in [4.78, 5) is 10.5. The largest absolute Gasteiger partial charge is 0.372 e. The van der Waals surface area contributed by atoms with Gasteiger partial charge in [-0.25, -0.2) is 0 Å². The lowest BCUT2D eigenvalue weighted by atomic mass is 10.3. The average Bonchev–Trinajstić information content (AvgIpc) is 2.95. The highest BCUT2D eigenvalue weighted by molar-refractivity contribution is 9.10. The van der Waals surface area contributed by atoms with Crippen LogP contribution in [0.4, 0.5) is 5.69 Å². The first-order valence-corrected chi connectivity index (χ1v) is 7.46. The molecule has 3 heterocycles. The van der Waals surface area contributed by atoms with E-state index in [0.29, 0.717) is 6.61 Å². The van der Waals surface area contributed by atoms with Gasteiger partial charge in [0.15, 0.2) is 0 Å². The Balaban J connectivity index is 1.55. The molecule has 20 heavy (non-hydrogen) atoms. The number of hydrogen-bond donors (Lipinski definition) is 0. The van der Waals surface area contributed by atoms with Gasteiger partial charge < -0.3 is 9.64 Å². The maximum absolute atomic E-state index is 5.97. The molecule has 0 spiro atoms. The summed E-state index contributed by atoms with van der Waals surface area (Å²) in [6, 6.07) is 6.08. The lowest BCUT2D eigenvalue weighted by Gasteiger charge is -2.18. The van der Waals surface area contributed by atoms with Gasteiger partial charge >= 0.3 is 0 Å². The monoisotopic (exact) mass is 333 g/mol. The lowest BCUT2D eigenvalue weighted by molar-refractivity contribution is 0.0553. The van der Waals surface area contributed by atoms with Gasteiger partial charge in [0.25, 0.3) is 0 Å². The smallest absolute Gasteiger partial charge is 0.0771 e. The van der Waals surface area contributed by atoms with E-state index in [0.717, 1.165) is 29.7 Å². The molecule has 3 rings (SSSR count). The molecule has 1 aliphatic rings. The number of halogens is 1. The van der Waals surface area contributed by atoms with Crippen LogP contribution in [0.1, 0.15) is 12.0 Å². The third-order valence-electron chi connectivity index (χ3n) is 3.44. The van der Waals surface area contributed by atoms with E-state index in [9.17, 15) is 0 Å². The van der Waals surface area contributed by atoms with Crippen LogP contribution in [0.3, 0.4) is 0 Å². The zero-order valence-electron chi connectivity index (χ0n) is 11.1. The number of nitrogens with zero attached hydrogens (tertiary/aromatic N) is 3. The number of ether oxygens (including phenoxy) is 1. The predicted molar refractivity (Wildman–Crippen MR) is 81.6 cm³/mol. The van der Waals surface area contributed by atoms with Crippen LogP contribution < -0.4 is 4.90 Å². The zero-order chi connectivity index (χ0) is 13.8. The van der Waals surface area contributed by atoms with Gasteiger partial charge in [-0.1, -0.05) is 0 Å². The van der Waals surface area contributed by atoms with E-state index in [-0.39, 0.29) is 6.10 Å². The summed E-state index contributed by atoms with van der Waals surface area (Å²) < 4.78 is 6.98. The minimum atomic E-state index is 0.280. The van der Waals surface area contributed by atoms with E-state index >= 15 is 0 Å². The Morgan fingerprint density at radius 2 is 2.10 bits per heavy atom. The van der Waals surface area contributed by atoms with Crippen molar-refractivity contribution in [3.63, 3.8) is 0 Å². The SMILES string of the molecule is Brc1cncc(N2CC[C@@H](OCc3ccncc3)C2)c1. The Kier molecular flexibility index (Phi) is 4.28. The summed E-state index contributed by atoms with van der Waals surface area (Å²) >= 11 is 3.46.